The summed E-state index contributed by atoms with van der Waals surface area (Å²) in [6, 6.07) is 13.4. The quantitative estimate of drug-likeness (QED) is 0.832. The molecule has 0 aliphatic carbocycles. The molecule has 0 aliphatic heterocycles. The lowest BCUT2D eigenvalue weighted by molar-refractivity contribution is -0.119. The molecule has 0 fully saturated rings. The van der Waals surface area contributed by atoms with Gasteiger partial charge in [-0.3, -0.25) is 4.79 Å². The first-order chi connectivity index (χ1) is 10.6. The maximum atomic E-state index is 11.7. The van der Waals surface area contributed by atoms with Gasteiger partial charge in [-0.1, -0.05) is 31.2 Å². The predicted octanol–water partition coefficient (Wildman–Crippen LogP) is 2.75. The van der Waals surface area contributed by atoms with E-state index in [1.54, 1.807) is 24.3 Å². The molecule has 0 heterocycles. The molecule has 1 amide bonds. The van der Waals surface area contributed by atoms with Crippen LogP contribution >= 0.6 is 0 Å². The number of rotatable bonds is 5. The van der Waals surface area contributed by atoms with Crippen molar-refractivity contribution < 1.29 is 19.4 Å². The van der Waals surface area contributed by atoms with E-state index in [0.29, 0.717) is 5.69 Å². The largest absolute Gasteiger partial charge is 0.507 e. The molecule has 2 N–H and O–H groups in total. The first-order valence-corrected chi connectivity index (χ1v) is 6.94. The van der Waals surface area contributed by atoms with Crippen LogP contribution in [-0.2, 0) is 16.0 Å². The van der Waals surface area contributed by atoms with Crippen LogP contribution in [0, 0.1) is 0 Å². The zero-order valence-corrected chi connectivity index (χ0v) is 12.2. The average molecular weight is 299 g/mol. The highest BCUT2D eigenvalue weighted by Gasteiger charge is 2.13. The molecule has 0 saturated carbocycles. The summed E-state index contributed by atoms with van der Waals surface area (Å²) in [5.41, 5.74) is 1.84. The maximum absolute atomic E-state index is 11.7. The van der Waals surface area contributed by atoms with Gasteiger partial charge in [0, 0.05) is 5.69 Å². The number of aromatic hydroxyl groups is 1. The van der Waals surface area contributed by atoms with Gasteiger partial charge in [0.1, 0.15) is 11.3 Å². The number of hydrogen-bond donors (Lipinski definition) is 2. The van der Waals surface area contributed by atoms with E-state index in [1.807, 2.05) is 19.1 Å². The number of aryl methyl sites for hydroxylation is 1. The summed E-state index contributed by atoms with van der Waals surface area (Å²) in [7, 11) is 0. The molecule has 5 heteroatoms. The minimum atomic E-state index is -0.741. The molecule has 0 atom stereocenters. The summed E-state index contributed by atoms with van der Waals surface area (Å²) < 4.78 is 4.88. The van der Waals surface area contributed by atoms with Gasteiger partial charge in [-0.05, 0) is 36.2 Å². The molecule has 22 heavy (non-hydrogen) atoms. The summed E-state index contributed by atoms with van der Waals surface area (Å²) in [6.45, 7) is 1.63. The third-order valence-corrected chi connectivity index (χ3v) is 3.10. The SMILES string of the molecule is CCc1ccc(NC(=O)COC(=O)c2ccccc2O)cc1. The Morgan fingerprint density at radius 3 is 2.41 bits per heavy atom. The van der Waals surface area contributed by atoms with Crippen molar-refractivity contribution in [2.75, 3.05) is 11.9 Å². The number of hydrogen-bond acceptors (Lipinski definition) is 4. The van der Waals surface area contributed by atoms with Gasteiger partial charge in [0.2, 0.25) is 0 Å². The normalized spacial score (nSPS) is 10.0. The molecule has 0 spiro atoms. The van der Waals surface area contributed by atoms with Crippen LogP contribution in [0.1, 0.15) is 22.8 Å². The number of nitrogens with one attached hydrogen (secondary N) is 1. The van der Waals surface area contributed by atoms with Gasteiger partial charge >= 0.3 is 5.97 Å². The lowest BCUT2D eigenvalue weighted by atomic mass is 10.1. The molecule has 114 valence electrons. The monoisotopic (exact) mass is 299 g/mol. The number of para-hydroxylation sites is 1. The zero-order valence-electron chi connectivity index (χ0n) is 12.2. The topological polar surface area (TPSA) is 75.6 Å². The van der Waals surface area contributed by atoms with E-state index in [9.17, 15) is 14.7 Å². The molecule has 2 rings (SSSR count). The second-order valence-corrected chi connectivity index (χ2v) is 4.69. The predicted molar refractivity (Wildman–Crippen MR) is 82.8 cm³/mol. The first kappa shape index (κ1) is 15.6. The van der Waals surface area contributed by atoms with Crippen LogP contribution in [0.3, 0.4) is 0 Å². The standard InChI is InChI=1S/C17H17NO4/c1-2-12-7-9-13(10-8-12)18-16(20)11-22-17(21)14-5-3-4-6-15(14)19/h3-10,19H,2,11H2,1H3,(H,18,20). The third kappa shape index (κ3) is 4.09. The van der Waals surface area contributed by atoms with E-state index in [-0.39, 0.29) is 11.3 Å². The second kappa shape index (κ2) is 7.26. The zero-order chi connectivity index (χ0) is 15.9. The maximum Gasteiger partial charge on any atom is 0.342 e. The van der Waals surface area contributed by atoms with Crippen LogP contribution < -0.4 is 5.32 Å². The van der Waals surface area contributed by atoms with Gasteiger partial charge in [-0.25, -0.2) is 4.79 Å². The molecule has 5 nitrogen and oxygen atoms in total. The van der Waals surface area contributed by atoms with E-state index < -0.39 is 18.5 Å². The number of amides is 1. The Morgan fingerprint density at radius 1 is 1.09 bits per heavy atom. The summed E-state index contributed by atoms with van der Waals surface area (Å²) in [5, 5.41) is 12.2. The number of carbonyl (C=O) groups is 2. The Balaban J connectivity index is 1.87. The third-order valence-electron chi connectivity index (χ3n) is 3.10. The number of carbonyl (C=O) groups excluding carboxylic acids is 2. The molecular formula is C17H17NO4. The van der Waals surface area contributed by atoms with Gasteiger partial charge in [0.05, 0.1) is 0 Å². The molecule has 0 aromatic heterocycles. The Labute approximate surface area is 128 Å². The Morgan fingerprint density at radius 2 is 1.77 bits per heavy atom. The first-order valence-electron chi connectivity index (χ1n) is 6.94. The number of benzene rings is 2. The summed E-state index contributed by atoms with van der Waals surface area (Å²) in [5.74, 6) is -1.36. The second-order valence-electron chi connectivity index (χ2n) is 4.69. The number of phenolic OH excluding ortho intramolecular Hbond substituents is 1. The van der Waals surface area contributed by atoms with E-state index in [4.69, 9.17) is 4.74 Å². The Kier molecular flexibility index (Phi) is 5.14. The number of ether oxygens (including phenoxy) is 1. The number of esters is 1. The van der Waals surface area contributed by atoms with Crippen molar-refractivity contribution in [3.63, 3.8) is 0 Å². The van der Waals surface area contributed by atoms with Crippen molar-refractivity contribution in [3.8, 4) is 5.75 Å². The van der Waals surface area contributed by atoms with Crippen molar-refractivity contribution >= 4 is 17.6 Å². The highest BCUT2D eigenvalue weighted by atomic mass is 16.5. The van der Waals surface area contributed by atoms with E-state index in [0.717, 1.165) is 6.42 Å². The average Bonchev–Trinajstić information content (AvgIpc) is 2.54. The fraction of sp³-hybridized carbons (Fsp3) is 0.176. The molecule has 2 aromatic rings. The lowest BCUT2D eigenvalue weighted by Crippen LogP contribution is -2.20. The molecule has 2 aromatic carbocycles. The van der Waals surface area contributed by atoms with Crippen LogP contribution in [0.4, 0.5) is 5.69 Å². The van der Waals surface area contributed by atoms with Crippen molar-refractivity contribution in [3.05, 3.63) is 59.7 Å². The van der Waals surface area contributed by atoms with Crippen LogP contribution in [0.5, 0.6) is 5.75 Å². The smallest absolute Gasteiger partial charge is 0.342 e. The van der Waals surface area contributed by atoms with Gasteiger partial charge in [0.25, 0.3) is 5.91 Å². The van der Waals surface area contributed by atoms with Crippen LogP contribution in [-0.4, -0.2) is 23.6 Å². The van der Waals surface area contributed by atoms with Gasteiger partial charge < -0.3 is 15.2 Å². The number of phenols is 1. The fourth-order valence-electron chi connectivity index (χ4n) is 1.88. The highest BCUT2D eigenvalue weighted by Crippen LogP contribution is 2.16. The van der Waals surface area contributed by atoms with Gasteiger partial charge in [-0.2, -0.15) is 0 Å². The van der Waals surface area contributed by atoms with Gasteiger partial charge in [0.15, 0.2) is 6.61 Å². The van der Waals surface area contributed by atoms with Crippen molar-refractivity contribution in [1.29, 1.82) is 0 Å². The summed E-state index contributed by atoms with van der Waals surface area (Å²) in [6.07, 6.45) is 0.923. The van der Waals surface area contributed by atoms with Gasteiger partial charge in [-0.15, -0.1) is 0 Å². The lowest BCUT2D eigenvalue weighted by Gasteiger charge is -2.08. The highest BCUT2D eigenvalue weighted by molar-refractivity contribution is 5.96. The molecule has 0 unspecified atom stereocenters. The fourth-order valence-corrected chi connectivity index (χ4v) is 1.88. The molecule has 0 aliphatic rings. The van der Waals surface area contributed by atoms with Crippen LogP contribution in [0.2, 0.25) is 0 Å². The van der Waals surface area contributed by atoms with Crippen molar-refractivity contribution in [1.82, 2.24) is 0 Å². The minimum absolute atomic E-state index is 0.0302. The van der Waals surface area contributed by atoms with E-state index in [1.165, 1.54) is 17.7 Å². The molecule has 0 saturated heterocycles. The minimum Gasteiger partial charge on any atom is -0.507 e. The Bertz CT molecular complexity index is 665. The van der Waals surface area contributed by atoms with Crippen molar-refractivity contribution in [2.45, 2.75) is 13.3 Å². The van der Waals surface area contributed by atoms with E-state index in [2.05, 4.69) is 5.32 Å². The molecular weight excluding hydrogens is 282 g/mol. The number of anilines is 1. The Hall–Kier alpha value is -2.82. The summed E-state index contributed by atoms with van der Waals surface area (Å²) in [4.78, 5) is 23.5. The van der Waals surface area contributed by atoms with E-state index >= 15 is 0 Å². The van der Waals surface area contributed by atoms with Crippen molar-refractivity contribution in [2.24, 2.45) is 0 Å². The summed E-state index contributed by atoms with van der Waals surface area (Å²) >= 11 is 0. The molecule has 0 bridgehead atoms. The molecule has 0 radical (unpaired) electrons. The van der Waals surface area contributed by atoms with Crippen LogP contribution in [0.15, 0.2) is 48.5 Å². The van der Waals surface area contributed by atoms with Crippen LogP contribution in [0.25, 0.3) is 0 Å².